The highest BCUT2D eigenvalue weighted by Gasteiger charge is 2.12. The van der Waals surface area contributed by atoms with Gasteiger partial charge in [0.2, 0.25) is 0 Å². The van der Waals surface area contributed by atoms with Gasteiger partial charge in [-0.05, 0) is 61.2 Å². The number of nitrogens with one attached hydrogen (secondary N) is 1. The van der Waals surface area contributed by atoms with Crippen molar-refractivity contribution in [1.29, 1.82) is 0 Å². The highest BCUT2D eigenvalue weighted by atomic mass is 15.3. The van der Waals surface area contributed by atoms with Crippen molar-refractivity contribution in [2.24, 2.45) is 5.10 Å². The monoisotopic (exact) mass is 293 g/mol. The van der Waals surface area contributed by atoms with Gasteiger partial charge in [0.1, 0.15) is 0 Å². The van der Waals surface area contributed by atoms with Crippen LogP contribution >= 0.6 is 0 Å². The maximum Gasteiger partial charge on any atom is 0.0540 e. The normalized spacial score (nSPS) is 11.8. The first-order valence-corrected chi connectivity index (χ1v) is 7.94. The summed E-state index contributed by atoms with van der Waals surface area (Å²) in [4.78, 5) is 0. The Bertz CT molecular complexity index is 856. The molecule has 0 unspecified atom stereocenters. The summed E-state index contributed by atoms with van der Waals surface area (Å²) in [6, 6.07) is 11.3. The first-order chi connectivity index (χ1) is 10.7. The number of aryl methyl sites for hydroxylation is 3. The fourth-order valence-electron chi connectivity index (χ4n) is 3.25. The maximum atomic E-state index is 4.12. The lowest BCUT2D eigenvalue weighted by Gasteiger charge is -2.06. The molecule has 1 heterocycles. The standard InChI is InChI=1S/C19H23N3/c1-5-15-11-19-16(9-13(15)3)17-10-14(12-21-20-4)7-8-18(17)22(19)6-2/h7-12,20H,5-6H2,1-4H3/b21-12+. The van der Waals surface area contributed by atoms with Crippen molar-refractivity contribution in [3.63, 3.8) is 0 Å². The van der Waals surface area contributed by atoms with Crippen molar-refractivity contribution in [3.8, 4) is 0 Å². The lowest BCUT2D eigenvalue weighted by atomic mass is 10.0. The van der Waals surface area contributed by atoms with E-state index in [9.17, 15) is 0 Å². The predicted octanol–water partition coefficient (Wildman–Crippen LogP) is 4.24. The number of hydrogen-bond donors (Lipinski definition) is 1. The molecule has 3 rings (SSSR count). The molecular formula is C19H23N3. The molecule has 0 saturated heterocycles. The molecule has 0 atom stereocenters. The highest BCUT2D eigenvalue weighted by Crippen LogP contribution is 2.32. The Morgan fingerprint density at radius 2 is 1.86 bits per heavy atom. The molecule has 0 amide bonds. The van der Waals surface area contributed by atoms with E-state index in [2.05, 4.69) is 66.2 Å². The molecule has 0 aliphatic rings. The van der Waals surface area contributed by atoms with Crippen LogP contribution in [0.2, 0.25) is 0 Å². The first kappa shape index (κ1) is 14.6. The number of benzene rings is 2. The first-order valence-electron chi connectivity index (χ1n) is 7.94. The second-order valence-corrected chi connectivity index (χ2v) is 5.65. The Labute approximate surface area is 131 Å². The molecule has 0 saturated carbocycles. The SMILES string of the molecule is CCc1cc2c(cc1C)c1cc(/C=N/NC)ccc1n2CC. The zero-order chi connectivity index (χ0) is 15.7. The molecule has 0 fully saturated rings. The minimum absolute atomic E-state index is 0.982. The molecule has 1 N–H and O–H groups in total. The minimum atomic E-state index is 0.982. The fraction of sp³-hybridized carbons (Fsp3) is 0.316. The van der Waals surface area contributed by atoms with Crippen molar-refractivity contribution < 1.29 is 0 Å². The van der Waals surface area contributed by atoms with E-state index >= 15 is 0 Å². The van der Waals surface area contributed by atoms with E-state index in [1.54, 1.807) is 0 Å². The van der Waals surface area contributed by atoms with Crippen LogP contribution in [0.5, 0.6) is 0 Å². The molecule has 3 heteroatoms. The third kappa shape index (κ3) is 2.27. The largest absolute Gasteiger partial charge is 0.341 e. The number of hydrazone groups is 1. The van der Waals surface area contributed by atoms with Crippen LogP contribution in [0.3, 0.4) is 0 Å². The van der Waals surface area contributed by atoms with Gasteiger partial charge in [0, 0.05) is 35.4 Å². The van der Waals surface area contributed by atoms with Gasteiger partial charge in [0.25, 0.3) is 0 Å². The molecule has 3 nitrogen and oxygen atoms in total. The Morgan fingerprint density at radius 3 is 2.55 bits per heavy atom. The number of rotatable bonds is 4. The number of fused-ring (bicyclic) bond motifs is 3. The van der Waals surface area contributed by atoms with Crippen LogP contribution in [-0.4, -0.2) is 17.8 Å². The lowest BCUT2D eigenvalue weighted by Crippen LogP contribution is -1.95. The molecule has 0 radical (unpaired) electrons. The summed E-state index contributed by atoms with van der Waals surface area (Å²) in [7, 11) is 1.81. The molecule has 22 heavy (non-hydrogen) atoms. The minimum Gasteiger partial charge on any atom is -0.341 e. The van der Waals surface area contributed by atoms with Gasteiger partial charge in [-0.25, -0.2) is 0 Å². The summed E-state index contributed by atoms with van der Waals surface area (Å²) in [6.45, 7) is 7.62. The van der Waals surface area contributed by atoms with Crippen molar-refractivity contribution in [2.75, 3.05) is 7.05 Å². The van der Waals surface area contributed by atoms with Crippen molar-refractivity contribution in [2.45, 2.75) is 33.7 Å². The Balaban J connectivity index is 2.35. The van der Waals surface area contributed by atoms with Gasteiger partial charge in [-0.2, -0.15) is 5.10 Å². The molecule has 2 aromatic carbocycles. The summed E-state index contributed by atoms with van der Waals surface area (Å²) in [6.07, 6.45) is 2.94. The van der Waals surface area contributed by atoms with E-state index < -0.39 is 0 Å². The van der Waals surface area contributed by atoms with Crippen LogP contribution in [0.4, 0.5) is 0 Å². The van der Waals surface area contributed by atoms with Crippen LogP contribution in [0.1, 0.15) is 30.5 Å². The second-order valence-electron chi connectivity index (χ2n) is 5.65. The van der Waals surface area contributed by atoms with Gasteiger partial charge in [0.05, 0.1) is 6.21 Å². The summed E-state index contributed by atoms with van der Waals surface area (Å²) in [5.41, 5.74) is 9.37. The summed E-state index contributed by atoms with van der Waals surface area (Å²) in [5, 5.41) is 6.77. The lowest BCUT2D eigenvalue weighted by molar-refractivity contribution is 0.826. The van der Waals surface area contributed by atoms with Gasteiger partial charge in [-0.15, -0.1) is 0 Å². The van der Waals surface area contributed by atoms with E-state index in [0.717, 1.165) is 18.5 Å². The average molecular weight is 293 g/mol. The van der Waals surface area contributed by atoms with Crippen LogP contribution < -0.4 is 5.43 Å². The van der Waals surface area contributed by atoms with E-state index in [-0.39, 0.29) is 0 Å². The topological polar surface area (TPSA) is 29.3 Å². The molecule has 0 bridgehead atoms. The van der Waals surface area contributed by atoms with Gasteiger partial charge in [0.15, 0.2) is 0 Å². The third-order valence-corrected chi connectivity index (χ3v) is 4.39. The van der Waals surface area contributed by atoms with Crippen LogP contribution in [0.15, 0.2) is 35.4 Å². The Morgan fingerprint density at radius 1 is 1.09 bits per heavy atom. The van der Waals surface area contributed by atoms with Crippen LogP contribution in [0.25, 0.3) is 21.8 Å². The summed E-state index contributed by atoms with van der Waals surface area (Å²) in [5.74, 6) is 0. The molecule has 0 aliphatic carbocycles. The van der Waals surface area contributed by atoms with Gasteiger partial charge in [-0.1, -0.05) is 13.0 Å². The van der Waals surface area contributed by atoms with Gasteiger partial charge >= 0.3 is 0 Å². The highest BCUT2D eigenvalue weighted by molar-refractivity contribution is 6.10. The maximum absolute atomic E-state index is 4.12. The van der Waals surface area contributed by atoms with E-state index in [4.69, 9.17) is 0 Å². The van der Waals surface area contributed by atoms with Gasteiger partial charge < -0.3 is 9.99 Å². The van der Waals surface area contributed by atoms with Crippen molar-refractivity contribution >= 4 is 28.0 Å². The average Bonchev–Trinajstić information content (AvgIpc) is 2.84. The van der Waals surface area contributed by atoms with E-state index in [0.29, 0.717) is 0 Å². The summed E-state index contributed by atoms with van der Waals surface area (Å²) >= 11 is 0. The molecule has 0 spiro atoms. The zero-order valence-electron chi connectivity index (χ0n) is 13.8. The quantitative estimate of drug-likeness (QED) is 0.566. The molecule has 114 valence electrons. The Hall–Kier alpha value is -2.29. The number of hydrogen-bond acceptors (Lipinski definition) is 2. The molecule has 1 aromatic heterocycles. The molecule has 0 aliphatic heterocycles. The smallest absolute Gasteiger partial charge is 0.0540 e. The second kappa shape index (κ2) is 5.84. The summed E-state index contributed by atoms with van der Waals surface area (Å²) < 4.78 is 2.41. The Kier molecular flexibility index (Phi) is 3.88. The van der Waals surface area contributed by atoms with E-state index in [1.165, 1.54) is 32.9 Å². The molecular weight excluding hydrogens is 270 g/mol. The third-order valence-electron chi connectivity index (χ3n) is 4.39. The predicted molar refractivity (Wildman–Crippen MR) is 95.9 cm³/mol. The van der Waals surface area contributed by atoms with Crippen molar-refractivity contribution in [1.82, 2.24) is 9.99 Å². The van der Waals surface area contributed by atoms with Crippen molar-refractivity contribution in [3.05, 3.63) is 47.0 Å². The van der Waals surface area contributed by atoms with E-state index in [1.807, 2.05) is 13.3 Å². The molecule has 3 aromatic rings. The number of nitrogens with zero attached hydrogens (tertiary/aromatic N) is 2. The number of aromatic nitrogens is 1. The van der Waals surface area contributed by atoms with Crippen LogP contribution in [-0.2, 0) is 13.0 Å². The zero-order valence-corrected chi connectivity index (χ0v) is 13.8. The fourth-order valence-corrected chi connectivity index (χ4v) is 3.25. The van der Waals surface area contributed by atoms with Crippen LogP contribution in [0, 0.1) is 6.92 Å². The van der Waals surface area contributed by atoms with Gasteiger partial charge in [-0.3, -0.25) is 0 Å².